The molecule has 0 amide bonds. The Morgan fingerprint density at radius 2 is 1.36 bits per heavy atom. The highest BCUT2D eigenvalue weighted by Crippen LogP contribution is 2.17. The Morgan fingerprint density at radius 3 is 1.89 bits per heavy atom. The zero-order chi connectivity index (χ0) is 21.4. The normalized spacial score (nSPS) is 13.2. The molecule has 6 heteroatoms. The van der Waals surface area contributed by atoms with Gasteiger partial charge in [-0.15, -0.1) is 0 Å². The number of rotatable bonds is 17. The molecule has 0 aromatic carbocycles. The second kappa shape index (κ2) is 16.4. The summed E-state index contributed by atoms with van der Waals surface area (Å²) >= 11 is 0. The summed E-state index contributed by atoms with van der Waals surface area (Å²) in [4.78, 5) is 34.6. The lowest BCUT2D eigenvalue weighted by molar-refractivity contribution is -0.156. The highest BCUT2D eigenvalue weighted by molar-refractivity contribution is 5.73. The highest BCUT2D eigenvalue weighted by Gasteiger charge is 2.21. The molecule has 0 aliphatic carbocycles. The average Bonchev–Trinajstić information content (AvgIpc) is 2.55. The zero-order valence-corrected chi connectivity index (χ0v) is 18.2. The molecule has 28 heavy (non-hydrogen) atoms. The van der Waals surface area contributed by atoms with Crippen LogP contribution in [0, 0.1) is 11.8 Å². The third-order valence-electron chi connectivity index (χ3n) is 4.59. The minimum Gasteiger partial charge on any atom is -0.481 e. The lowest BCUT2D eigenvalue weighted by Crippen LogP contribution is -2.24. The van der Waals surface area contributed by atoms with Crippen molar-refractivity contribution in [2.75, 3.05) is 6.61 Å². The van der Waals surface area contributed by atoms with E-state index < -0.39 is 18.0 Å². The number of carboxylic acids is 1. The molecule has 0 aromatic rings. The van der Waals surface area contributed by atoms with Crippen molar-refractivity contribution in [3.63, 3.8) is 0 Å². The third-order valence-corrected chi connectivity index (χ3v) is 4.59. The molecular weight excluding hydrogens is 360 g/mol. The van der Waals surface area contributed by atoms with Crippen LogP contribution in [-0.4, -0.2) is 35.7 Å². The zero-order valence-electron chi connectivity index (χ0n) is 18.2. The fourth-order valence-corrected chi connectivity index (χ4v) is 3.13. The summed E-state index contributed by atoms with van der Waals surface area (Å²) in [5, 5.41) is 8.79. The minimum absolute atomic E-state index is 0.0431. The number of esters is 2. The van der Waals surface area contributed by atoms with Gasteiger partial charge >= 0.3 is 17.9 Å². The molecule has 0 heterocycles. The van der Waals surface area contributed by atoms with Gasteiger partial charge in [0.05, 0.1) is 13.0 Å². The summed E-state index contributed by atoms with van der Waals surface area (Å²) in [6.07, 6.45) is 8.26. The Bertz CT molecular complexity index is 446. The van der Waals surface area contributed by atoms with E-state index in [1.807, 2.05) is 0 Å². The van der Waals surface area contributed by atoms with E-state index in [2.05, 4.69) is 13.8 Å². The Hall–Kier alpha value is -1.59. The number of aliphatic carboxylic acids is 1. The summed E-state index contributed by atoms with van der Waals surface area (Å²) in [6, 6.07) is 0. The van der Waals surface area contributed by atoms with E-state index in [1.54, 1.807) is 13.8 Å². The average molecular weight is 401 g/mol. The van der Waals surface area contributed by atoms with Crippen LogP contribution in [0.2, 0.25) is 0 Å². The fourth-order valence-electron chi connectivity index (χ4n) is 3.13. The lowest BCUT2D eigenvalue weighted by Gasteiger charge is -2.18. The van der Waals surface area contributed by atoms with Crippen LogP contribution in [0.4, 0.5) is 0 Å². The van der Waals surface area contributed by atoms with Crippen molar-refractivity contribution in [2.45, 2.75) is 104 Å². The Kier molecular flexibility index (Phi) is 15.4. The number of carboxylic acid groups (broad SMARTS) is 1. The number of unbranched alkanes of at least 4 members (excludes halogenated alkanes) is 5. The summed E-state index contributed by atoms with van der Waals surface area (Å²) < 4.78 is 10.4. The van der Waals surface area contributed by atoms with Gasteiger partial charge in [-0.1, -0.05) is 59.3 Å². The molecule has 0 fully saturated rings. The van der Waals surface area contributed by atoms with Crippen LogP contribution < -0.4 is 0 Å². The highest BCUT2D eigenvalue weighted by atomic mass is 16.6. The van der Waals surface area contributed by atoms with Crippen LogP contribution in [-0.2, 0) is 23.9 Å². The molecule has 0 bridgehead atoms. The minimum atomic E-state index is -0.934. The second-order valence-corrected chi connectivity index (χ2v) is 8.12. The van der Waals surface area contributed by atoms with Crippen molar-refractivity contribution < 1.29 is 29.0 Å². The smallest absolute Gasteiger partial charge is 0.309 e. The molecule has 2 unspecified atom stereocenters. The van der Waals surface area contributed by atoms with E-state index in [-0.39, 0.29) is 31.1 Å². The SMILES string of the molecule is CCOC(=O)CC(CCCCCCCCC(C)C)OC(=O)CC(C)CC(=O)O. The molecule has 0 saturated heterocycles. The maximum absolute atomic E-state index is 12.1. The van der Waals surface area contributed by atoms with Crippen molar-refractivity contribution in [1.82, 2.24) is 0 Å². The number of carbonyl (C=O) groups is 3. The van der Waals surface area contributed by atoms with Gasteiger partial charge in [-0.25, -0.2) is 0 Å². The van der Waals surface area contributed by atoms with Gasteiger partial charge in [0, 0.05) is 12.8 Å². The summed E-state index contributed by atoms with van der Waals surface area (Å²) in [5.41, 5.74) is 0. The Morgan fingerprint density at radius 1 is 0.786 bits per heavy atom. The van der Waals surface area contributed by atoms with Crippen molar-refractivity contribution in [2.24, 2.45) is 11.8 Å². The van der Waals surface area contributed by atoms with Crippen molar-refractivity contribution in [3.8, 4) is 0 Å². The second-order valence-electron chi connectivity index (χ2n) is 8.12. The number of carbonyl (C=O) groups excluding carboxylic acids is 2. The Labute approximate surface area is 170 Å². The molecule has 0 aliphatic heterocycles. The van der Waals surface area contributed by atoms with Crippen molar-refractivity contribution in [1.29, 1.82) is 0 Å². The molecule has 0 aromatic heterocycles. The van der Waals surface area contributed by atoms with E-state index in [0.29, 0.717) is 13.0 Å². The molecule has 0 radical (unpaired) electrons. The summed E-state index contributed by atoms with van der Waals surface area (Å²) in [6.45, 7) is 8.23. The van der Waals surface area contributed by atoms with Crippen LogP contribution in [0.25, 0.3) is 0 Å². The van der Waals surface area contributed by atoms with Crippen LogP contribution in [0.5, 0.6) is 0 Å². The first kappa shape index (κ1) is 26.4. The molecule has 2 atom stereocenters. The molecule has 1 N–H and O–H groups in total. The first-order chi connectivity index (χ1) is 13.2. The molecule has 0 rings (SSSR count). The molecule has 0 aliphatic rings. The standard InChI is InChI=1S/C22H40O6/c1-5-27-21(25)16-19(28-22(26)15-18(4)14-20(23)24)13-11-9-7-6-8-10-12-17(2)3/h17-19H,5-16H2,1-4H3,(H,23,24). The van der Waals surface area contributed by atoms with Gasteiger partial charge < -0.3 is 14.6 Å². The van der Waals surface area contributed by atoms with Crippen molar-refractivity contribution in [3.05, 3.63) is 0 Å². The maximum Gasteiger partial charge on any atom is 0.309 e. The largest absolute Gasteiger partial charge is 0.481 e. The summed E-state index contributed by atoms with van der Waals surface area (Å²) in [7, 11) is 0. The molecule has 164 valence electrons. The fraction of sp³-hybridized carbons (Fsp3) is 0.864. The first-order valence-electron chi connectivity index (χ1n) is 10.8. The van der Waals surface area contributed by atoms with E-state index >= 15 is 0 Å². The van der Waals surface area contributed by atoms with Gasteiger partial charge in [0.2, 0.25) is 0 Å². The van der Waals surface area contributed by atoms with Gasteiger partial charge in [-0.05, 0) is 31.6 Å². The van der Waals surface area contributed by atoms with E-state index in [0.717, 1.165) is 25.2 Å². The lowest BCUT2D eigenvalue weighted by atomic mass is 10.0. The van der Waals surface area contributed by atoms with E-state index in [9.17, 15) is 14.4 Å². The van der Waals surface area contributed by atoms with Gasteiger partial charge in [-0.3, -0.25) is 14.4 Å². The summed E-state index contributed by atoms with van der Waals surface area (Å²) in [5.74, 6) is -1.28. The van der Waals surface area contributed by atoms with E-state index in [1.165, 1.54) is 25.7 Å². The van der Waals surface area contributed by atoms with Crippen LogP contribution in [0.3, 0.4) is 0 Å². The molecular formula is C22H40O6. The van der Waals surface area contributed by atoms with Crippen LogP contribution >= 0.6 is 0 Å². The van der Waals surface area contributed by atoms with Gasteiger partial charge in [0.25, 0.3) is 0 Å². The molecule has 0 saturated carbocycles. The van der Waals surface area contributed by atoms with E-state index in [4.69, 9.17) is 14.6 Å². The van der Waals surface area contributed by atoms with Crippen LogP contribution in [0.15, 0.2) is 0 Å². The van der Waals surface area contributed by atoms with Gasteiger partial charge in [0.15, 0.2) is 0 Å². The topological polar surface area (TPSA) is 89.9 Å². The first-order valence-corrected chi connectivity index (χ1v) is 10.8. The predicted molar refractivity (Wildman–Crippen MR) is 109 cm³/mol. The Balaban J connectivity index is 4.24. The van der Waals surface area contributed by atoms with Gasteiger partial charge in [0.1, 0.15) is 6.10 Å². The van der Waals surface area contributed by atoms with Gasteiger partial charge in [-0.2, -0.15) is 0 Å². The molecule has 6 nitrogen and oxygen atoms in total. The monoisotopic (exact) mass is 400 g/mol. The number of hydrogen-bond acceptors (Lipinski definition) is 5. The number of hydrogen-bond donors (Lipinski definition) is 1. The third kappa shape index (κ3) is 16.6. The van der Waals surface area contributed by atoms with Crippen LogP contribution in [0.1, 0.15) is 98.3 Å². The quantitative estimate of drug-likeness (QED) is 0.269. The predicted octanol–water partition coefficient (Wildman–Crippen LogP) is 5.13. The number of ether oxygens (including phenoxy) is 2. The van der Waals surface area contributed by atoms with Crippen molar-refractivity contribution >= 4 is 17.9 Å². The molecule has 0 spiro atoms. The maximum atomic E-state index is 12.1.